The van der Waals surface area contributed by atoms with Crippen LogP contribution in [-0.4, -0.2) is 86.4 Å². The number of hydrogen-bond donors (Lipinski definition) is 4. The van der Waals surface area contributed by atoms with Crippen LogP contribution in [0.25, 0.3) is 22.4 Å². The molecule has 2 aromatic carbocycles. The number of carbonyl (C=O) groups is 2. The second-order valence-corrected chi connectivity index (χ2v) is 13.1. The van der Waals surface area contributed by atoms with Gasteiger partial charge in [-0.05, 0) is 30.9 Å². The molecular weight excluding hydrogens is 667 g/mol. The number of nitrogens with zero attached hydrogens (tertiary/aromatic N) is 4. The molecule has 2 unspecified atom stereocenters. The van der Waals surface area contributed by atoms with E-state index < -0.39 is 0 Å². The maximum absolute atomic E-state index is 11.5. The van der Waals surface area contributed by atoms with E-state index in [-0.39, 0.29) is 23.9 Å². The van der Waals surface area contributed by atoms with Crippen molar-refractivity contribution in [3.05, 3.63) is 63.9 Å². The zero-order valence-electron chi connectivity index (χ0n) is 27.5. The number of amides is 2. The lowest BCUT2D eigenvalue weighted by Gasteiger charge is -2.22. The van der Waals surface area contributed by atoms with Crippen molar-refractivity contribution in [3.8, 4) is 28.3 Å². The third-order valence-corrected chi connectivity index (χ3v) is 9.81. The van der Waals surface area contributed by atoms with Crippen molar-refractivity contribution in [2.75, 3.05) is 46.9 Å². The highest BCUT2D eigenvalue weighted by Gasteiger charge is 2.26. The molecule has 0 radical (unpaired) electrons. The standard InChI is InChI=1S/C35H40Cl2N8O4/c1-48-34-28(16-38-12-11-20-13-31(47)42-14-20)40-18-26(44-34)24-7-3-5-22(32(24)36)23-6-4-8-25(33(23)37)27-19-41-29(35(45-27)49-2)17-39-15-21-9-10-30(46)43-21/h3-8,18,20-21,27,38-39H,9-17,19H2,1-2H3,(H,42,47)(H,43,46)/t20-,21?,27?/m0/s1. The minimum absolute atomic E-state index is 0.0903. The molecule has 49 heavy (non-hydrogen) atoms. The van der Waals surface area contributed by atoms with Gasteiger partial charge in [0.25, 0.3) is 0 Å². The molecule has 258 valence electrons. The minimum atomic E-state index is -0.337. The Bertz CT molecular complexity index is 1770. The molecule has 4 heterocycles. The van der Waals surface area contributed by atoms with Crippen LogP contribution < -0.4 is 26.0 Å². The highest BCUT2D eigenvalue weighted by molar-refractivity contribution is 6.40. The van der Waals surface area contributed by atoms with Gasteiger partial charge in [0.15, 0.2) is 0 Å². The zero-order chi connectivity index (χ0) is 34.3. The third kappa shape index (κ3) is 8.21. The fourth-order valence-corrected chi connectivity index (χ4v) is 7.01. The molecule has 6 rings (SSSR count). The Morgan fingerprint density at radius 1 is 0.959 bits per heavy atom. The second-order valence-electron chi connectivity index (χ2n) is 12.3. The number of ether oxygens (including phenoxy) is 2. The predicted molar refractivity (Wildman–Crippen MR) is 190 cm³/mol. The summed E-state index contributed by atoms with van der Waals surface area (Å²) in [6, 6.07) is 11.3. The van der Waals surface area contributed by atoms with Crippen LogP contribution in [0.3, 0.4) is 0 Å². The van der Waals surface area contributed by atoms with Crippen LogP contribution in [0.15, 0.2) is 52.6 Å². The number of methoxy groups -OCH3 is 2. The van der Waals surface area contributed by atoms with Gasteiger partial charge in [0.1, 0.15) is 11.4 Å². The SMILES string of the molecule is COC1=NC(c2cccc(-c3cccc(-c4cnc(CNCC[C@@H]5CNC(=O)C5)c(OC)n4)c3Cl)c2Cl)CN=C1CNCC1CCC(=O)N1. The first-order valence-electron chi connectivity index (χ1n) is 16.4. The average molecular weight is 708 g/mol. The summed E-state index contributed by atoms with van der Waals surface area (Å²) >= 11 is 14.1. The first-order chi connectivity index (χ1) is 23.8. The van der Waals surface area contributed by atoms with Crippen molar-refractivity contribution in [1.29, 1.82) is 0 Å². The molecule has 2 fully saturated rings. The number of rotatable bonds is 13. The molecule has 0 aliphatic carbocycles. The lowest BCUT2D eigenvalue weighted by Crippen LogP contribution is -2.40. The van der Waals surface area contributed by atoms with Gasteiger partial charge in [-0.25, -0.2) is 9.98 Å². The number of hydrogen-bond acceptors (Lipinski definition) is 10. The molecule has 0 spiro atoms. The Hall–Kier alpha value is -4.10. The molecule has 3 aliphatic heterocycles. The largest absolute Gasteiger partial charge is 0.480 e. The van der Waals surface area contributed by atoms with Crippen LogP contribution >= 0.6 is 23.2 Å². The van der Waals surface area contributed by atoms with E-state index >= 15 is 0 Å². The minimum Gasteiger partial charge on any atom is -0.480 e. The summed E-state index contributed by atoms with van der Waals surface area (Å²) in [7, 11) is 3.15. The quantitative estimate of drug-likeness (QED) is 0.194. The molecule has 0 saturated carbocycles. The van der Waals surface area contributed by atoms with E-state index in [4.69, 9.17) is 47.6 Å². The van der Waals surface area contributed by atoms with Gasteiger partial charge >= 0.3 is 0 Å². The van der Waals surface area contributed by atoms with E-state index in [0.717, 1.165) is 48.3 Å². The van der Waals surface area contributed by atoms with Crippen LogP contribution in [-0.2, 0) is 20.9 Å². The summed E-state index contributed by atoms with van der Waals surface area (Å²) in [5, 5.41) is 13.6. The first-order valence-corrected chi connectivity index (χ1v) is 17.2. The molecule has 3 aliphatic rings. The van der Waals surface area contributed by atoms with Crippen LogP contribution in [0.5, 0.6) is 5.88 Å². The van der Waals surface area contributed by atoms with Crippen molar-refractivity contribution >= 4 is 46.6 Å². The van der Waals surface area contributed by atoms with Gasteiger partial charge in [0, 0.05) is 61.8 Å². The Morgan fingerprint density at radius 3 is 2.49 bits per heavy atom. The van der Waals surface area contributed by atoms with Gasteiger partial charge in [-0.15, -0.1) is 0 Å². The molecule has 3 aromatic rings. The van der Waals surface area contributed by atoms with Gasteiger partial charge in [-0.1, -0.05) is 59.6 Å². The third-order valence-electron chi connectivity index (χ3n) is 8.98. The molecule has 2 saturated heterocycles. The maximum Gasteiger partial charge on any atom is 0.237 e. The highest BCUT2D eigenvalue weighted by atomic mass is 35.5. The smallest absolute Gasteiger partial charge is 0.237 e. The Morgan fingerprint density at radius 2 is 1.76 bits per heavy atom. The molecule has 2 amide bonds. The van der Waals surface area contributed by atoms with Gasteiger partial charge in [-0.2, -0.15) is 0 Å². The van der Waals surface area contributed by atoms with Crippen molar-refractivity contribution in [2.45, 2.75) is 44.3 Å². The van der Waals surface area contributed by atoms with E-state index in [2.05, 4.69) is 26.3 Å². The topological polar surface area (TPSA) is 151 Å². The van der Waals surface area contributed by atoms with Gasteiger partial charge in [0.2, 0.25) is 23.6 Å². The Labute approximate surface area is 295 Å². The summed E-state index contributed by atoms with van der Waals surface area (Å²) in [5.74, 6) is 1.42. The van der Waals surface area contributed by atoms with Crippen molar-refractivity contribution in [3.63, 3.8) is 0 Å². The first kappa shape index (κ1) is 34.8. The van der Waals surface area contributed by atoms with Crippen LogP contribution in [0, 0.1) is 5.92 Å². The fourth-order valence-electron chi connectivity index (χ4n) is 6.33. The van der Waals surface area contributed by atoms with Crippen molar-refractivity contribution < 1.29 is 19.1 Å². The summed E-state index contributed by atoms with van der Waals surface area (Å²) in [6.45, 7) is 3.52. The number of aromatic nitrogens is 2. The second kappa shape index (κ2) is 16.1. The number of carbonyl (C=O) groups excluding carboxylic acids is 2. The fraction of sp³-hybridized carbons (Fsp3) is 0.429. The number of nitrogens with one attached hydrogen (secondary N) is 4. The van der Waals surface area contributed by atoms with Crippen LogP contribution in [0.1, 0.15) is 43.0 Å². The van der Waals surface area contributed by atoms with E-state index in [9.17, 15) is 9.59 Å². The van der Waals surface area contributed by atoms with Crippen LogP contribution in [0.4, 0.5) is 0 Å². The van der Waals surface area contributed by atoms with E-state index in [0.29, 0.717) is 83.7 Å². The van der Waals surface area contributed by atoms with Crippen molar-refractivity contribution in [2.24, 2.45) is 15.9 Å². The molecule has 1 aromatic heterocycles. The van der Waals surface area contributed by atoms with E-state index in [1.807, 2.05) is 36.4 Å². The summed E-state index contributed by atoms with van der Waals surface area (Å²) in [5.41, 5.74) is 5.00. The molecule has 14 heteroatoms. The molecule has 3 atom stereocenters. The Balaban J connectivity index is 1.15. The lowest BCUT2D eigenvalue weighted by molar-refractivity contribution is -0.120. The normalized spacial score (nSPS) is 20.4. The molecular formula is C35H40Cl2N8O4. The molecule has 4 N–H and O–H groups in total. The summed E-state index contributed by atoms with van der Waals surface area (Å²) in [6.07, 6.45) is 4.56. The Kier molecular flexibility index (Phi) is 11.4. The molecule has 12 nitrogen and oxygen atoms in total. The predicted octanol–water partition coefficient (Wildman–Crippen LogP) is 4.15. The number of aliphatic imine (C=N–C) groups is 2. The van der Waals surface area contributed by atoms with Gasteiger partial charge in [0.05, 0.1) is 48.7 Å². The van der Waals surface area contributed by atoms with Gasteiger partial charge in [-0.3, -0.25) is 19.6 Å². The maximum atomic E-state index is 11.5. The summed E-state index contributed by atoms with van der Waals surface area (Å²) in [4.78, 5) is 42.0. The lowest BCUT2D eigenvalue weighted by atomic mass is 9.97. The van der Waals surface area contributed by atoms with E-state index in [1.54, 1.807) is 20.4 Å². The highest BCUT2D eigenvalue weighted by Crippen LogP contribution is 2.42. The summed E-state index contributed by atoms with van der Waals surface area (Å²) < 4.78 is 11.2. The number of halogens is 2. The van der Waals surface area contributed by atoms with Crippen LogP contribution in [0.2, 0.25) is 10.0 Å². The molecule has 0 bridgehead atoms. The van der Waals surface area contributed by atoms with Gasteiger partial charge < -0.3 is 30.7 Å². The number of benzene rings is 2. The zero-order valence-corrected chi connectivity index (χ0v) is 29.0. The average Bonchev–Trinajstić information content (AvgIpc) is 3.74. The monoisotopic (exact) mass is 706 g/mol. The van der Waals surface area contributed by atoms with E-state index in [1.165, 1.54) is 0 Å². The van der Waals surface area contributed by atoms with Crippen molar-refractivity contribution in [1.82, 2.24) is 31.2 Å².